The second-order valence-corrected chi connectivity index (χ2v) is 13.9. The summed E-state index contributed by atoms with van der Waals surface area (Å²) < 4.78 is 35.0. The molecule has 334 valence electrons. The Morgan fingerprint density at radius 3 is 1.98 bits per heavy atom. The SMILES string of the molecule is COc1ccc(C2=C3C=CCC=C3Oc3cc(OCc4cc(N(CC(=O)O)CC(=O)O)c(OCCOc5cc(OC)ccc5N(C)CC(=O)O)cc4[N+](=O)[O-])ccc32)c(C)c1.O=C=O. The number of carbonyl (C=O) groups is 3. The van der Waals surface area contributed by atoms with Crippen LogP contribution in [0.2, 0.25) is 0 Å². The number of fused-ring (bicyclic) bond motifs is 2. The number of likely N-dealkylation sites (N-methyl/N-ethyl adjacent to an activating group) is 1. The molecule has 19 nitrogen and oxygen atoms in total. The van der Waals surface area contributed by atoms with E-state index in [-0.39, 0.29) is 55.3 Å². The van der Waals surface area contributed by atoms with Gasteiger partial charge in [0, 0.05) is 35.9 Å². The molecule has 0 bridgehead atoms. The highest BCUT2D eigenvalue weighted by atomic mass is 16.6. The summed E-state index contributed by atoms with van der Waals surface area (Å²) in [7, 11) is 4.62. The van der Waals surface area contributed by atoms with Crippen LogP contribution >= 0.6 is 0 Å². The number of nitro groups is 1. The average Bonchev–Trinajstić information content (AvgIpc) is 3.25. The third kappa shape index (κ3) is 11.5. The number of hydrogen-bond donors (Lipinski definition) is 3. The molecule has 0 saturated carbocycles. The Kier molecular flexibility index (Phi) is 15.7. The molecule has 64 heavy (non-hydrogen) atoms. The fourth-order valence-corrected chi connectivity index (χ4v) is 6.94. The lowest BCUT2D eigenvalue weighted by molar-refractivity contribution is -0.385. The molecule has 1 heterocycles. The molecule has 0 saturated heterocycles. The molecule has 1 aliphatic carbocycles. The molecule has 6 rings (SSSR count). The monoisotopic (exact) mass is 881 g/mol. The quantitative estimate of drug-likeness (QED) is 0.0530. The fourth-order valence-electron chi connectivity index (χ4n) is 6.94. The molecule has 0 amide bonds. The number of carbonyl (C=O) groups excluding carboxylic acids is 2. The summed E-state index contributed by atoms with van der Waals surface area (Å²) in [5.74, 6) is -1.08. The van der Waals surface area contributed by atoms with Crippen molar-refractivity contribution in [3.63, 3.8) is 0 Å². The smallest absolute Gasteiger partial charge is 0.373 e. The Labute approximate surface area is 365 Å². The van der Waals surface area contributed by atoms with Crippen LogP contribution in [0.1, 0.15) is 28.7 Å². The highest BCUT2D eigenvalue weighted by Crippen LogP contribution is 2.46. The van der Waals surface area contributed by atoms with Gasteiger partial charge < -0.3 is 53.5 Å². The minimum Gasteiger partial charge on any atom is -0.497 e. The Morgan fingerprint density at radius 1 is 0.781 bits per heavy atom. The Balaban J connectivity index is 0.00000250. The predicted molar refractivity (Wildman–Crippen MR) is 227 cm³/mol. The van der Waals surface area contributed by atoms with Crippen molar-refractivity contribution < 1.29 is 72.6 Å². The lowest BCUT2D eigenvalue weighted by Crippen LogP contribution is -2.35. The fraction of sp³-hybridized carbons (Fsp3) is 0.244. The van der Waals surface area contributed by atoms with Gasteiger partial charge in [-0.3, -0.25) is 24.5 Å². The average molecular weight is 882 g/mol. The van der Waals surface area contributed by atoms with E-state index < -0.39 is 41.6 Å². The normalized spacial score (nSPS) is 12.1. The maximum absolute atomic E-state index is 12.5. The van der Waals surface area contributed by atoms with E-state index in [2.05, 4.69) is 0 Å². The van der Waals surface area contributed by atoms with Crippen molar-refractivity contribution in [2.24, 2.45) is 0 Å². The third-order valence-electron chi connectivity index (χ3n) is 9.70. The largest absolute Gasteiger partial charge is 0.497 e. The number of allylic oxidation sites excluding steroid dienone is 3. The van der Waals surface area contributed by atoms with Crippen LogP contribution in [-0.2, 0) is 30.6 Å². The van der Waals surface area contributed by atoms with Gasteiger partial charge in [-0.1, -0.05) is 18.2 Å². The van der Waals surface area contributed by atoms with Crippen molar-refractivity contribution >= 4 is 46.7 Å². The predicted octanol–water partition coefficient (Wildman–Crippen LogP) is 5.91. The summed E-state index contributed by atoms with van der Waals surface area (Å²) in [6.45, 7) is -0.678. The Bertz CT molecular complexity index is 2540. The van der Waals surface area contributed by atoms with Gasteiger partial charge in [0.05, 0.1) is 42.1 Å². The van der Waals surface area contributed by atoms with Gasteiger partial charge in [-0.25, -0.2) is 0 Å². The summed E-state index contributed by atoms with van der Waals surface area (Å²) >= 11 is 0. The Morgan fingerprint density at radius 2 is 1.38 bits per heavy atom. The lowest BCUT2D eigenvalue weighted by atomic mass is 9.86. The number of ether oxygens (including phenoxy) is 6. The maximum atomic E-state index is 12.5. The maximum Gasteiger partial charge on any atom is 0.373 e. The van der Waals surface area contributed by atoms with Crippen LogP contribution in [0.3, 0.4) is 0 Å². The van der Waals surface area contributed by atoms with Crippen molar-refractivity contribution in [3.8, 4) is 34.5 Å². The molecular weight excluding hydrogens is 838 g/mol. The van der Waals surface area contributed by atoms with Crippen LogP contribution in [0.4, 0.5) is 17.1 Å². The number of rotatable bonds is 20. The molecule has 0 radical (unpaired) electrons. The number of methoxy groups -OCH3 is 2. The number of aliphatic carboxylic acids is 3. The molecular formula is C45H43N3O16. The summed E-state index contributed by atoms with van der Waals surface area (Å²) in [6, 6.07) is 18.2. The summed E-state index contributed by atoms with van der Waals surface area (Å²) in [6.07, 6.45) is 6.97. The van der Waals surface area contributed by atoms with Gasteiger partial charge in [0.25, 0.3) is 5.69 Å². The van der Waals surface area contributed by atoms with Crippen LogP contribution in [0.25, 0.3) is 5.57 Å². The highest BCUT2D eigenvalue weighted by Gasteiger charge is 2.29. The third-order valence-corrected chi connectivity index (χ3v) is 9.70. The number of nitrogens with zero attached hydrogens (tertiary/aromatic N) is 3. The van der Waals surface area contributed by atoms with Crippen molar-refractivity contribution in [3.05, 3.63) is 129 Å². The number of anilines is 2. The molecule has 0 atom stereocenters. The van der Waals surface area contributed by atoms with E-state index in [1.54, 1.807) is 44.5 Å². The van der Waals surface area contributed by atoms with Crippen molar-refractivity contribution in [1.29, 1.82) is 0 Å². The van der Waals surface area contributed by atoms with E-state index in [4.69, 9.17) is 38.0 Å². The second kappa shape index (κ2) is 21.5. The van der Waals surface area contributed by atoms with Gasteiger partial charge in [0.15, 0.2) is 0 Å². The van der Waals surface area contributed by atoms with Crippen LogP contribution in [0.15, 0.2) is 96.3 Å². The van der Waals surface area contributed by atoms with Crippen LogP contribution in [0.5, 0.6) is 34.5 Å². The first-order valence-electron chi connectivity index (χ1n) is 19.2. The zero-order chi connectivity index (χ0) is 46.5. The van der Waals surface area contributed by atoms with Gasteiger partial charge >= 0.3 is 24.1 Å². The minimum absolute atomic E-state index is 0.00219. The van der Waals surface area contributed by atoms with Crippen molar-refractivity contribution in [1.82, 2.24) is 0 Å². The molecule has 19 heteroatoms. The summed E-state index contributed by atoms with van der Waals surface area (Å²) in [5.41, 5.74) is 4.57. The van der Waals surface area contributed by atoms with Gasteiger partial charge in [-0.15, -0.1) is 0 Å². The highest BCUT2D eigenvalue weighted by molar-refractivity contribution is 5.92. The number of aryl methyl sites for hydroxylation is 1. The van der Waals surface area contributed by atoms with E-state index in [9.17, 15) is 39.8 Å². The van der Waals surface area contributed by atoms with Gasteiger partial charge in [0.1, 0.15) is 79.7 Å². The molecule has 0 unspecified atom stereocenters. The van der Waals surface area contributed by atoms with Crippen LogP contribution < -0.4 is 38.2 Å². The Hall–Kier alpha value is -8.31. The van der Waals surface area contributed by atoms with E-state index in [1.165, 1.54) is 18.1 Å². The summed E-state index contributed by atoms with van der Waals surface area (Å²) in [5, 5.41) is 41.2. The van der Waals surface area contributed by atoms with E-state index in [1.807, 2.05) is 49.4 Å². The number of nitro benzene ring substituents is 1. The molecule has 0 aromatic heterocycles. The lowest BCUT2D eigenvalue weighted by Gasteiger charge is -2.28. The van der Waals surface area contributed by atoms with E-state index in [0.29, 0.717) is 35.1 Å². The molecule has 4 aromatic carbocycles. The van der Waals surface area contributed by atoms with Crippen molar-refractivity contribution in [2.75, 3.05) is 63.9 Å². The topological polar surface area (TPSA) is 251 Å². The summed E-state index contributed by atoms with van der Waals surface area (Å²) in [4.78, 5) is 65.8. The molecule has 2 aliphatic rings. The van der Waals surface area contributed by atoms with Gasteiger partial charge in [-0.05, 0) is 73.0 Å². The number of carboxylic acid groups (broad SMARTS) is 3. The zero-order valence-corrected chi connectivity index (χ0v) is 35.0. The standard InChI is InChI=1S/C44H43N3O14.CO2/c1-26-17-28(56-3)9-12-31(26)44-32-7-5-6-8-37(32)61-38-20-30(10-13-33(38)44)60-25-27-18-36(46(23-42(50)51)24-43(52)53)40(21-35(27)47(54)55)59-16-15-58-39-19-29(57-4)11-14-34(39)45(2)22-41(48)49;2-1-3/h5,7-14,17-21H,6,15-16,22-25H2,1-4H3,(H,48,49)(H,50,51)(H,52,53);. The first-order chi connectivity index (χ1) is 30.7. The van der Waals surface area contributed by atoms with Gasteiger partial charge in [0.2, 0.25) is 0 Å². The number of carboxylic acids is 3. The number of benzene rings is 4. The first-order valence-corrected chi connectivity index (χ1v) is 19.2. The minimum atomic E-state index is -1.36. The van der Waals surface area contributed by atoms with Crippen LogP contribution in [-0.4, -0.2) is 98.4 Å². The molecule has 3 N–H and O–H groups in total. The van der Waals surface area contributed by atoms with Crippen molar-refractivity contribution in [2.45, 2.75) is 20.0 Å². The van der Waals surface area contributed by atoms with E-state index >= 15 is 0 Å². The first kappa shape index (κ1) is 46.8. The number of hydrogen-bond acceptors (Lipinski definition) is 15. The molecule has 0 spiro atoms. The molecule has 4 aromatic rings. The second-order valence-electron chi connectivity index (χ2n) is 13.9. The van der Waals surface area contributed by atoms with E-state index in [0.717, 1.165) is 44.6 Å². The molecule has 1 aliphatic heterocycles. The zero-order valence-electron chi connectivity index (χ0n) is 35.0. The van der Waals surface area contributed by atoms with Gasteiger partial charge in [-0.2, -0.15) is 9.59 Å². The van der Waals surface area contributed by atoms with Crippen LogP contribution in [0, 0.1) is 17.0 Å². The molecule has 0 fully saturated rings.